The molecule has 1 aliphatic heterocycles. The minimum absolute atomic E-state index is 0.312. The molecule has 0 radical (unpaired) electrons. The molecule has 3 aromatic heterocycles. The van der Waals surface area contributed by atoms with Crippen molar-refractivity contribution in [2.45, 2.75) is 26.9 Å². The number of nitrogens with zero attached hydrogens (tertiary/aromatic N) is 7. The average Bonchev–Trinajstić information content (AvgIpc) is 3.30. The highest BCUT2D eigenvalue weighted by molar-refractivity contribution is 5.72. The summed E-state index contributed by atoms with van der Waals surface area (Å²) >= 11 is 0. The maximum absolute atomic E-state index is 13.5. The summed E-state index contributed by atoms with van der Waals surface area (Å²) in [7, 11) is 3.26. The maximum Gasteiger partial charge on any atom is 0.332 e. The minimum Gasteiger partial charge on any atom is -0.383 e. The van der Waals surface area contributed by atoms with Crippen LogP contribution in [0.5, 0.6) is 0 Å². The molecule has 0 saturated carbocycles. The van der Waals surface area contributed by atoms with E-state index in [-0.39, 0.29) is 11.2 Å². The van der Waals surface area contributed by atoms with Gasteiger partial charge in [0.05, 0.1) is 25.5 Å². The largest absolute Gasteiger partial charge is 0.383 e. The highest BCUT2D eigenvalue weighted by atomic mass is 16.5. The van der Waals surface area contributed by atoms with Gasteiger partial charge in [-0.15, -0.1) is 0 Å². The second kappa shape index (κ2) is 8.77. The minimum atomic E-state index is -0.373. The lowest BCUT2D eigenvalue weighted by Crippen LogP contribution is -2.44. The van der Waals surface area contributed by atoms with Crippen LogP contribution in [0.3, 0.4) is 0 Å². The highest BCUT2D eigenvalue weighted by Gasteiger charge is 2.23. The molecule has 31 heavy (non-hydrogen) atoms. The van der Waals surface area contributed by atoms with Gasteiger partial charge < -0.3 is 14.0 Å². The maximum atomic E-state index is 13.5. The van der Waals surface area contributed by atoms with Crippen LogP contribution >= 0.6 is 0 Å². The van der Waals surface area contributed by atoms with Crippen LogP contribution in [0.1, 0.15) is 11.4 Å². The fraction of sp³-hybridized carbons (Fsp3) is 0.600. The molecule has 4 rings (SSSR count). The molecule has 3 aromatic rings. The zero-order valence-electron chi connectivity index (χ0n) is 18.5. The van der Waals surface area contributed by atoms with E-state index >= 15 is 0 Å². The fourth-order valence-electron chi connectivity index (χ4n) is 4.01. The first kappa shape index (κ1) is 21.5. The predicted octanol–water partition coefficient (Wildman–Crippen LogP) is -0.322. The van der Waals surface area contributed by atoms with Crippen LogP contribution in [-0.4, -0.2) is 79.9 Å². The summed E-state index contributed by atoms with van der Waals surface area (Å²) in [4.78, 5) is 33.3. The standard InChI is InChI=1S/C20H29N7O4/c1-14-13-15(2)27(22-14)19-21-17-16(25(19)9-10-30-4)18(28)26(20(29)23(17)3)6-5-24-7-11-31-12-8-24/h13H,5-12H2,1-4H3. The average molecular weight is 431 g/mol. The first-order chi connectivity index (χ1) is 14.9. The molecule has 168 valence electrons. The summed E-state index contributed by atoms with van der Waals surface area (Å²) in [5.41, 5.74) is 1.74. The van der Waals surface area contributed by atoms with Crippen LogP contribution in [-0.2, 0) is 29.6 Å². The number of rotatable bonds is 7. The molecule has 0 aromatic carbocycles. The van der Waals surface area contributed by atoms with Crippen molar-refractivity contribution < 1.29 is 9.47 Å². The summed E-state index contributed by atoms with van der Waals surface area (Å²) in [6, 6.07) is 1.94. The molecule has 1 fully saturated rings. The van der Waals surface area contributed by atoms with Crippen molar-refractivity contribution in [1.29, 1.82) is 0 Å². The van der Waals surface area contributed by atoms with E-state index in [1.807, 2.05) is 19.9 Å². The Hall–Kier alpha value is -2.76. The lowest BCUT2D eigenvalue weighted by atomic mass is 10.4. The highest BCUT2D eigenvalue weighted by Crippen LogP contribution is 2.17. The van der Waals surface area contributed by atoms with Crippen LogP contribution < -0.4 is 11.2 Å². The Labute approximate surface area is 179 Å². The van der Waals surface area contributed by atoms with Gasteiger partial charge in [-0.2, -0.15) is 10.1 Å². The van der Waals surface area contributed by atoms with Gasteiger partial charge in [-0.25, -0.2) is 9.48 Å². The van der Waals surface area contributed by atoms with Crippen molar-refractivity contribution in [3.05, 3.63) is 38.3 Å². The molecular weight excluding hydrogens is 402 g/mol. The molecule has 0 atom stereocenters. The predicted molar refractivity (Wildman–Crippen MR) is 115 cm³/mol. The van der Waals surface area contributed by atoms with Gasteiger partial charge in [0.15, 0.2) is 11.2 Å². The summed E-state index contributed by atoms with van der Waals surface area (Å²) in [5, 5.41) is 4.52. The molecule has 1 saturated heterocycles. The molecule has 0 N–H and O–H groups in total. The number of hydrogen-bond donors (Lipinski definition) is 0. The molecule has 0 aliphatic carbocycles. The van der Waals surface area contributed by atoms with E-state index in [2.05, 4.69) is 15.0 Å². The van der Waals surface area contributed by atoms with E-state index in [9.17, 15) is 9.59 Å². The molecule has 11 nitrogen and oxygen atoms in total. The summed E-state index contributed by atoms with van der Waals surface area (Å²) < 4.78 is 16.9. The topological polar surface area (TPSA) is 101 Å². The number of imidazole rings is 1. The Morgan fingerprint density at radius 1 is 1.10 bits per heavy atom. The summed E-state index contributed by atoms with van der Waals surface area (Å²) in [6.45, 7) is 8.50. The third-order valence-electron chi connectivity index (χ3n) is 5.67. The Kier molecular flexibility index (Phi) is 6.08. The second-order valence-corrected chi connectivity index (χ2v) is 7.82. The quantitative estimate of drug-likeness (QED) is 0.505. The number of hydrogen-bond acceptors (Lipinski definition) is 7. The van der Waals surface area contributed by atoms with E-state index in [1.165, 1.54) is 9.13 Å². The molecule has 4 heterocycles. The number of aromatic nitrogens is 6. The van der Waals surface area contributed by atoms with Gasteiger partial charge in [0.2, 0.25) is 5.95 Å². The Morgan fingerprint density at radius 3 is 2.48 bits per heavy atom. The van der Waals surface area contributed by atoms with Crippen LogP contribution in [0.25, 0.3) is 17.1 Å². The van der Waals surface area contributed by atoms with E-state index in [1.54, 1.807) is 23.4 Å². The zero-order chi connectivity index (χ0) is 22.1. The van der Waals surface area contributed by atoms with E-state index in [0.717, 1.165) is 24.5 Å². The zero-order valence-corrected chi connectivity index (χ0v) is 18.5. The molecule has 0 bridgehead atoms. The van der Waals surface area contributed by atoms with Crippen molar-refractivity contribution in [2.75, 3.05) is 46.6 Å². The molecule has 0 unspecified atom stereocenters. The van der Waals surface area contributed by atoms with Gasteiger partial charge >= 0.3 is 5.69 Å². The van der Waals surface area contributed by atoms with Gasteiger partial charge in [-0.3, -0.25) is 18.8 Å². The monoisotopic (exact) mass is 431 g/mol. The number of fused-ring (bicyclic) bond motifs is 1. The Bertz CT molecular complexity index is 1200. The molecular formula is C20H29N7O4. The first-order valence-electron chi connectivity index (χ1n) is 10.4. The van der Waals surface area contributed by atoms with Crippen molar-refractivity contribution in [2.24, 2.45) is 7.05 Å². The smallest absolute Gasteiger partial charge is 0.332 e. The number of methoxy groups -OCH3 is 1. The summed E-state index contributed by atoms with van der Waals surface area (Å²) in [5.74, 6) is 0.496. The van der Waals surface area contributed by atoms with E-state index in [4.69, 9.17) is 9.47 Å². The van der Waals surface area contributed by atoms with Crippen molar-refractivity contribution in [3.8, 4) is 5.95 Å². The van der Waals surface area contributed by atoms with Crippen LogP contribution in [0.4, 0.5) is 0 Å². The molecule has 1 aliphatic rings. The lowest BCUT2D eigenvalue weighted by Gasteiger charge is -2.26. The van der Waals surface area contributed by atoms with Gasteiger partial charge in [0.1, 0.15) is 0 Å². The number of ether oxygens (including phenoxy) is 2. The van der Waals surface area contributed by atoms with Crippen molar-refractivity contribution in [3.63, 3.8) is 0 Å². The van der Waals surface area contributed by atoms with Crippen LogP contribution in [0.2, 0.25) is 0 Å². The number of morpholine rings is 1. The van der Waals surface area contributed by atoms with Gasteiger partial charge in [0.25, 0.3) is 5.56 Å². The molecule has 0 spiro atoms. The molecule has 11 heteroatoms. The second-order valence-electron chi connectivity index (χ2n) is 7.82. The van der Waals surface area contributed by atoms with Gasteiger partial charge in [-0.05, 0) is 19.9 Å². The molecule has 0 amide bonds. The fourth-order valence-corrected chi connectivity index (χ4v) is 4.01. The third kappa shape index (κ3) is 3.95. The van der Waals surface area contributed by atoms with Crippen molar-refractivity contribution >= 4 is 11.2 Å². The Morgan fingerprint density at radius 2 is 1.84 bits per heavy atom. The first-order valence-corrected chi connectivity index (χ1v) is 10.4. The Balaban J connectivity index is 1.85. The SMILES string of the molecule is COCCn1c(-n2nc(C)cc2C)nc2c1c(=O)n(CCN1CCOCC1)c(=O)n2C. The number of aryl methyl sites for hydroxylation is 3. The third-order valence-corrected chi connectivity index (χ3v) is 5.67. The van der Waals surface area contributed by atoms with Gasteiger partial charge in [-0.1, -0.05) is 0 Å². The van der Waals surface area contributed by atoms with E-state index in [0.29, 0.717) is 56.6 Å². The van der Waals surface area contributed by atoms with Crippen LogP contribution in [0, 0.1) is 13.8 Å². The lowest BCUT2D eigenvalue weighted by molar-refractivity contribution is 0.0361. The summed E-state index contributed by atoms with van der Waals surface area (Å²) in [6.07, 6.45) is 0. The van der Waals surface area contributed by atoms with E-state index < -0.39 is 0 Å². The van der Waals surface area contributed by atoms with Gasteiger partial charge in [0, 0.05) is 52.6 Å². The normalized spacial score (nSPS) is 15.2. The van der Waals surface area contributed by atoms with Crippen LogP contribution in [0.15, 0.2) is 15.7 Å². The van der Waals surface area contributed by atoms with Crippen molar-refractivity contribution in [1.82, 2.24) is 33.4 Å².